The van der Waals surface area contributed by atoms with E-state index in [9.17, 15) is 0 Å². The van der Waals surface area contributed by atoms with Crippen LogP contribution in [0.1, 0.15) is 40.0 Å². The molecule has 0 saturated carbocycles. The van der Waals surface area contributed by atoms with Crippen LogP contribution in [0.5, 0.6) is 0 Å². The van der Waals surface area contributed by atoms with Crippen LogP contribution in [0, 0.1) is 11.8 Å². The van der Waals surface area contributed by atoms with Crippen LogP contribution in [0.25, 0.3) is 0 Å². The van der Waals surface area contributed by atoms with Gasteiger partial charge in [-0.15, -0.1) is 11.8 Å². The molecule has 0 amide bonds. The van der Waals surface area contributed by atoms with Gasteiger partial charge in [0, 0.05) is 19.0 Å². The van der Waals surface area contributed by atoms with Crippen LogP contribution in [0.4, 0.5) is 0 Å². The van der Waals surface area contributed by atoms with E-state index in [1.54, 1.807) is 0 Å². The Kier molecular flexibility index (Phi) is 7.29. The molecule has 0 aromatic rings. The van der Waals surface area contributed by atoms with E-state index in [2.05, 4.69) is 31.0 Å². The molecule has 0 atom stereocenters. The smallest absolute Gasteiger partial charge is 0.0214 e. The van der Waals surface area contributed by atoms with Crippen LogP contribution >= 0.6 is 0 Å². The van der Waals surface area contributed by atoms with E-state index in [0.717, 1.165) is 13.0 Å². The molecule has 0 unspecified atom stereocenters. The molecule has 0 aromatic heterocycles. The Morgan fingerprint density at radius 1 is 1.27 bits per heavy atom. The average Bonchev–Trinajstić information content (AvgIpc) is 2.05. The first-order chi connectivity index (χ1) is 5.35. The predicted octanol–water partition coefficient (Wildman–Crippen LogP) is 2.18. The minimum absolute atomic E-state index is 0.689. The Bertz CT molecular complexity index is 126. The molecule has 1 N–H and O–H groups in total. The fourth-order valence-corrected chi connectivity index (χ4v) is 1.04. The lowest BCUT2D eigenvalue weighted by Crippen LogP contribution is -2.28. The molecule has 0 saturated heterocycles. The van der Waals surface area contributed by atoms with Crippen LogP contribution in [0.3, 0.4) is 0 Å². The molecular formula is C10H19N. The molecule has 0 spiro atoms. The van der Waals surface area contributed by atoms with Gasteiger partial charge >= 0.3 is 0 Å². The molecule has 0 aliphatic heterocycles. The Labute approximate surface area is 70.6 Å². The summed E-state index contributed by atoms with van der Waals surface area (Å²) in [6, 6.07) is 0.689. The molecule has 0 fully saturated rings. The van der Waals surface area contributed by atoms with Crippen molar-refractivity contribution in [2.24, 2.45) is 0 Å². The molecule has 11 heavy (non-hydrogen) atoms. The van der Waals surface area contributed by atoms with Crippen LogP contribution in [0.2, 0.25) is 0 Å². The molecule has 0 aliphatic carbocycles. The summed E-state index contributed by atoms with van der Waals surface area (Å²) in [4.78, 5) is 0. The summed E-state index contributed by atoms with van der Waals surface area (Å²) in [6.07, 6.45) is 3.42. The minimum atomic E-state index is 0.689. The topological polar surface area (TPSA) is 12.0 Å². The van der Waals surface area contributed by atoms with Crippen molar-refractivity contribution in [2.45, 2.75) is 46.1 Å². The summed E-state index contributed by atoms with van der Waals surface area (Å²) in [5, 5.41) is 3.45. The highest BCUT2D eigenvalue weighted by molar-refractivity contribution is 4.95. The Balaban J connectivity index is 3.25. The van der Waals surface area contributed by atoms with Crippen molar-refractivity contribution >= 4 is 0 Å². The lowest BCUT2D eigenvalue weighted by Gasteiger charge is -2.12. The molecule has 0 heterocycles. The van der Waals surface area contributed by atoms with Crippen molar-refractivity contribution in [3.8, 4) is 11.8 Å². The van der Waals surface area contributed by atoms with Crippen molar-refractivity contribution in [3.63, 3.8) is 0 Å². The third kappa shape index (κ3) is 5.94. The maximum Gasteiger partial charge on any atom is 0.0214 e. The predicted molar refractivity (Wildman–Crippen MR) is 50.4 cm³/mol. The minimum Gasteiger partial charge on any atom is -0.313 e. The summed E-state index contributed by atoms with van der Waals surface area (Å²) in [6.45, 7) is 7.35. The van der Waals surface area contributed by atoms with Gasteiger partial charge in [0.25, 0.3) is 0 Å². The molecule has 0 radical (unpaired) electrons. The van der Waals surface area contributed by atoms with E-state index in [1.807, 2.05) is 6.92 Å². The van der Waals surface area contributed by atoms with Crippen LogP contribution in [-0.2, 0) is 0 Å². The first-order valence-corrected chi connectivity index (χ1v) is 4.48. The summed E-state index contributed by atoms with van der Waals surface area (Å²) in [5.74, 6) is 5.93. The zero-order valence-corrected chi connectivity index (χ0v) is 7.91. The Hall–Kier alpha value is -0.480. The fourth-order valence-electron chi connectivity index (χ4n) is 1.04. The summed E-state index contributed by atoms with van der Waals surface area (Å²) in [7, 11) is 0. The molecule has 0 aromatic carbocycles. The van der Waals surface area contributed by atoms with Crippen molar-refractivity contribution in [2.75, 3.05) is 6.54 Å². The second-order valence-corrected chi connectivity index (χ2v) is 2.64. The number of hydrogen-bond acceptors (Lipinski definition) is 1. The molecule has 64 valence electrons. The van der Waals surface area contributed by atoms with Gasteiger partial charge in [-0.05, 0) is 19.8 Å². The maximum atomic E-state index is 3.45. The van der Waals surface area contributed by atoms with E-state index in [-0.39, 0.29) is 0 Å². The van der Waals surface area contributed by atoms with Gasteiger partial charge in [0.1, 0.15) is 0 Å². The third-order valence-electron chi connectivity index (χ3n) is 1.85. The van der Waals surface area contributed by atoms with Crippen LogP contribution < -0.4 is 5.32 Å². The van der Waals surface area contributed by atoms with Crippen molar-refractivity contribution < 1.29 is 0 Å². The second kappa shape index (κ2) is 7.63. The van der Waals surface area contributed by atoms with Gasteiger partial charge in [-0.3, -0.25) is 0 Å². The summed E-state index contributed by atoms with van der Waals surface area (Å²) in [5.41, 5.74) is 0. The van der Waals surface area contributed by atoms with Crippen molar-refractivity contribution in [1.82, 2.24) is 5.32 Å². The third-order valence-corrected chi connectivity index (χ3v) is 1.85. The summed E-state index contributed by atoms with van der Waals surface area (Å²) >= 11 is 0. The van der Waals surface area contributed by atoms with E-state index < -0.39 is 0 Å². The zero-order chi connectivity index (χ0) is 8.53. The normalized spacial score (nSPS) is 9.45. The highest BCUT2D eigenvalue weighted by Gasteiger charge is 1.98. The molecular weight excluding hydrogens is 134 g/mol. The number of rotatable bonds is 5. The SMILES string of the molecule is CC#CCCNC(CC)CC. The molecule has 1 heteroatoms. The van der Waals surface area contributed by atoms with E-state index in [0.29, 0.717) is 6.04 Å². The van der Waals surface area contributed by atoms with E-state index in [4.69, 9.17) is 0 Å². The highest BCUT2D eigenvalue weighted by atomic mass is 14.9. The first-order valence-electron chi connectivity index (χ1n) is 4.48. The van der Waals surface area contributed by atoms with Gasteiger partial charge < -0.3 is 5.32 Å². The standard InChI is InChI=1S/C10H19N/c1-4-7-8-9-11-10(5-2)6-3/h10-11H,5-6,8-9H2,1-3H3. The maximum absolute atomic E-state index is 3.45. The molecule has 0 rings (SSSR count). The van der Waals surface area contributed by atoms with Crippen molar-refractivity contribution in [3.05, 3.63) is 0 Å². The molecule has 0 bridgehead atoms. The lowest BCUT2D eigenvalue weighted by molar-refractivity contribution is 0.492. The summed E-state index contributed by atoms with van der Waals surface area (Å²) < 4.78 is 0. The van der Waals surface area contributed by atoms with Crippen LogP contribution in [-0.4, -0.2) is 12.6 Å². The van der Waals surface area contributed by atoms with Gasteiger partial charge in [-0.2, -0.15) is 0 Å². The Morgan fingerprint density at radius 3 is 2.36 bits per heavy atom. The Morgan fingerprint density at radius 2 is 1.91 bits per heavy atom. The molecule has 0 aliphatic rings. The molecule has 1 nitrogen and oxygen atoms in total. The zero-order valence-electron chi connectivity index (χ0n) is 7.91. The van der Waals surface area contributed by atoms with Gasteiger partial charge in [0.2, 0.25) is 0 Å². The van der Waals surface area contributed by atoms with Gasteiger partial charge in [0.05, 0.1) is 0 Å². The monoisotopic (exact) mass is 153 g/mol. The van der Waals surface area contributed by atoms with E-state index in [1.165, 1.54) is 12.8 Å². The van der Waals surface area contributed by atoms with Crippen LogP contribution in [0.15, 0.2) is 0 Å². The lowest BCUT2D eigenvalue weighted by atomic mass is 10.2. The number of hydrogen-bond donors (Lipinski definition) is 1. The first kappa shape index (κ1) is 10.5. The average molecular weight is 153 g/mol. The quantitative estimate of drug-likeness (QED) is 0.471. The number of nitrogens with one attached hydrogen (secondary N) is 1. The van der Waals surface area contributed by atoms with Gasteiger partial charge in [-0.25, -0.2) is 0 Å². The van der Waals surface area contributed by atoms with E-state index >= 15 is 0 Å². The highest BCUT2D eigenvalue weighted by Crippen LogP contribution is 1.94. The van der Waals surface area contributed by atoms with Gasteiger partial charge in [-0.1, -0.05) is 13.8 Å². The fraction of sp³-hybridized carbons (Fsp3) is 0.800. The van der Waals surface area contributed by atoms with Gasteiger partial charge in [0.15, 0.2) is 0 Å². The van der Waals surface area contributed by atoms with Crippen molar-refractivity contribution in [1.29, 1.82) is 0 Å². The largest absolute Gasteiger partial charge is 0.313 e. The second-order valence-electron chi connectivity index (χ2n) is 2.64.